The highest BCUT2D eigenvalue weighted by molar-refractivity contribution is 7.99. The van der Waals surface area contributed by atoms with Crippen molar-refractivity contribution in [1.82, 2.24) is 19.3 Å². The predicted molar refractivity (Wildman–Crippen MR) is 112 cm³/mol. The van der Waals surface area contributed by atoms with Gasteiger partial charge in [-0.2, -0.15) is 0 Å². The summed E-state index contributed by atoms with van der Waals surface area (Å²) in [7, 11) is 0. The number of hydrogen-bond acceptors (Lipinski definition) is 6. The summed E-state index contributed by atoms with van der Waals surface area (Å²) in [5.41, 5.74) is 1.88. The van der Waals surface area contributed by atoms with E-state index in [1.54, 1.807) is 30.1 Å². The van der Waals surface area contributed by atoms with Crippen LogP contribution in [-0.4, -0.2) is 63.3 Å². The van der Waals surface area contributed by atoms with Crippen LogP contribution in [0.2, 0.25) is 5.15 Å². The normalized spacial score (nSPS) is 16.9. The van der Waals surface area contributed by atoms with Crippen molar-refractivity contribution in [3.05, 3.63) is 59.8 Å². The number of carbonyl (C=O) groups excluding carboxylic acids is 1. The smallest absolute Gasteiger partial charge is 0.232 e. The first-order chi connectivity index (χ1) is 14.2. The molecule has 1 unspecified atom stereocenters. The van der Waals surface area contributed by atoms with Gasteiger partial charge in [0, 0.05) is 30.9 Å². The molecule has 1 fully saturated rings. The molecule has 1 aliphatic heterocycles. The summed E-state index contributed by atoms with van der Waals surface area (Å²) in [6.07, 6.45) is 5.39. The van der Waals surface area contributed by atoms with Crippen molar-refractivity contribution in [2.24, 2.45) is 0 Å². The predicted octanol–water partition coefficient (Wildman–Crippen LogP) is 2.92. The first kappa shape index (κ1) is 20.0. The molecule has 1 amide bonds. The maximum atomic E-state index is 12.6. The summed E-state index contributed by atoms with van der Waals surface area (Å²) < 4.78 is 13.4. The second-order valence-electron chi connectivity index (χ2n) is 6.63. The molecule has 152 valence electrons. The summed E-state index contributed by atoms with van der Waals surface area (Å²) >= 11 is 7.58. The number of rotatable bonds is 7. The Balaban J connectivity index is 1.23. The Morgan fingerprint density at radius 2 is 2.28 bits per heavy atom. The fourth-order valence-electron chi connectivity index (χ4n) is 3.10. The van der Waals surface area contributed by atoms with E-state index in [-0.39, 0.29) is 12.0 Å². The summed E-state index contributed by atoms with van der Waals surface area (Å²) in [6.45, 7) is 1.92. The molecular weight excluding hydrogens is 412 g/mol. The lowest BCUT2D eigenvalue weighted by Gasteiger charge is -2.32. The molecule has 0 radical (unpaired) electrons. The van der Waals surface area contributed by atoms with Crippen LogP contribution in [0.3, 0.4) is 0 Å². The third kappa shape index (κ3) is 5.20. The minimum absolute atomic E-state index is 0.103. The molecule has 3 aromatic heterocycles. The number of thioether (sulfide) groups is 1. The molecule has 0 spiro atoms. The third-order valence-corrected chi connectivity index (χ3v) is 5.77. The van der Waals surface area contributed by atoms with Gasteiger partial charge in [-0.25, -0.2) is 9.97 Å². The van der Waals surface area contributed by atoms with E-state index in [0.29, 0.717) is 48.7 Å². The lowest BCUT2D eigenvalue weighted by atomic mass is 10.3. The van der Waals surface area contributed by atoms with Gasteiger partial charge in [-0.15, -0.1) is 11.8 Å². The monoisotopic (exact) mass is 432 g/mol. The fourth-order valence-corrected chi connectivity index (χ4v) is 4.08. The number of morpholine rings is 1. The lowest BCUT2D eigenvalue weighted by molar-refractivity contribution is -0.137. The average Bonchev–Trinajstić information content (AvgIpc) is 3.16. The van der Waals surface area contributed by atoms with Crippen LogP contribution in [0.25, 0.3) is 5.65 Å². The van der Waals surface area contributed by atoms with Crippen molar-refractivity contribution < 1.29 is 14.3 Å². The molecule has 1 saturated heterocycles. The maximum Gasteiger partial charge on any atom is 0.232 e. The van der Waals surface area contributed by atoms with Gasteiger partial charge < -0.3 is 18.8 Å². The fraction of sp³-hybridized carbons (Fsp3) is 0.350. The van der Waals surface area contributed by atoms with Crippen LogP contribution in [0.5, 0.6) is 5.75 Å². The molecule has 0 aromatic carbocycles. The van der Waals surface area contributed by atoms with Crippen LogP contribution in [0.1, 0.15) is 5.69 Å². The number of fused-ring (bicyclic) bond motifs is 1. The molecule has 0 N–H and O–H groups in total. The Kier molecular flexibility index (Phi) is 6.53. The summed E-state index contributed by atoms with van der Waals surface area (Å²) in [6, 6.07) is 9.42. The number of aromatic nitrogens is 3. The molecule has 3 aromatic rings. The minimum atomic E-state index is -0.188. The Bertz CT molecular complexity index is 950. The molecule has 0 aliphatic carbocycles. The number of hydrogen-bond donors (Lipinski definition) is 0. The van der Waals surface area contributed by atoms with Gasteiger partial charge in [0.2, 0.25) is 5.91 Å². The van der Waals surface area contributed by atoms with Crippen molar-refractivity contribution in [3.8, 4) is 5.75 Å². The van der Waals surface area contributed by atoms with E-state index in [2.05, 4.69) is 9.97 Å². The molecule has 0 saturated carbocycles. The molecule has 1 aliphatic rings. The van der Waals surface area contributed by atoms with Crippen LogP contribution in [0.15, 0.2) is 48.9 Å². The summed E-state index contributed by atoms with van der Waals surface area (Å²) in [4.78, 5) is 23.0. The van der Waals surface area contributed by atoms with Crippen LogP contribution >= 0.6 is 23.4 Å². The molecular formula is C20H21ClN4O3S. The Labute approximate surface area is 178 Å². The zero-order valence-corrected chi connectivity index (χ0v) is 17.3. The third-order valence-electron chi connectivity index (χ3n) is 4.53. The molecule has 7 nitrogen and oxygen atoms in total. The molecule has 4 rings (SSSR count). The molecule has 29 heavy (non-hydrogen) atoms. The number of carbonyl (C=O) groups is 1. The van der Waals surface area contributed by atoms with Gasteiger partial charge >= 0.3 is 0 Å². The standard InChI is InChI=1S/C20H21ClN4O3S/c21-20-17(4-3-6-22-20)28-12-16-11-25(8-9-27-16)19(26)14-29-13-15-10-24-7-2-1-5-18(24)23-15/h1-7,10,16H,8-9,11-14H2. The number of pyridine rings is 2. The van der Waals surface area contributed by atoms with Gasteiger partial charge in [0.1, 0.15) is 18.4 Å². The van der Waals surface area contributed by atoms with Gasteiger partial charge in [-0.3, -0.25) is 4.79 Å². The molecule has 9 heteroatoms. The van der Waals surface area contributed by atoms with E-state index >= 15 is 0 Å². The van der Waals surface area contributed by atoms with E-state index < -0.39 is 0 Å². The lowest BCUT2D eigenvalue weighted by Crippen LogP contribution is -2.48. The first-order valence-corrected chi connectivity index (χ1v) is 10.9. The zero-order chi connectivity index (χ0) is 20.1. The maximum absolute atomic E-state index is 12.6. The SMILES string of the molecule is O=C(CSCc1cn2ccccc2n1)N1CCOC(COc2cccnc2Cl)C1. The van der Waals surface area contributed by atoms with Gasteiger partial charge in [0.25, 0.3) is 0 Å². The Hall–Kier alpha value is -2.29. The van der Waals surface area contributed by atoms with Crippen molar-refractivity contribution in [2.45, 2.75) is 11.9 Å². The largest absolute Gasteiger partial charge is 0.488 e. The second-order valence-corrected chi connectivity index (χ2v) is 7.97. The van der Waals surface area contributed by atoms with Crippen molar-refractivity contribution in [1.29, 1.82) is 0 Å². The topological polar surface area (TPSA) is 69.0 Å². The first-order valence-electron chi connectivity index (χ1n) is 9.32. The number of halogens is 1. The van der Waals surface area contributed by atoms with Gasteiger partial charge in [0.15, 0.2) is 10.9 Å². The van der Waals surface area contributed by atoms with Crippen molar-refractivity contribution in [3.63, 3.8) is 0 Å². The van der Waals surface area contributed by atoms with Gasteiger partial charge in [-0.05, 0) is 24.3 Å². The van der Waals surface area contributed by atoms with Crippen molar-refractivity contribution >= 4 is 34.9 Å². The highest BCUT2D eigenvalue weighted by Crippen LogP contribution is 2.21. The van der Waals surface area contributed by atoms with Crippen LogP contribution in [0.4, 0.5) is 0 Å². The van der Waals surface area contributed by atoms with Crippen LogP contribution in [-0.2, 0) is 15.3 Å². The van der Waals surface area contributed by atoms with Gasteiger partial charge in [0.05, 0.1) is 24.6 Å². The minimum Gasteiger partial charge on any atom is -0.488 e. The van der Waals surface area contributed by atoms with Gasteiger partial charge in [-0.1, -0.05) is 17.7 Å². The number of imidazole rings is 1. The summed E-state index contributed by atoms with van der Waals surface area (Å²) in [5.74, 6) is 1.73. The Morgan fingerprint density at radius 1 is 1.34 bits per heavy atom. The van der Waals surface area contributed by atoms with E-state index in [1.165, 1.54) is 0 Å². The highest BCUT2D eigenvalue weighted by Gasteiger charge is 2.25. The quantitative estimate of drug-likeness (QED) is 0.535. The van der Waals surface area contributed by atoms with E-state index in [0.717, 1.165) is 11.3 Å². The van der Waals surface area contributed by atoms with Crippen LogP contribution < -0.4 is 4.74 Å². The molecule has 1 atom stereocenters. The van der Waals surface area contributed by atoms with E-state index in [9.17, 15) is 4.79 Å². The van der Waals surface area contributed by atoms with Crippen LogP contribution in [0, 0.1) is 0 Å². The van der Waals surface area contributed by atoms with E-state index in [4.69, 9.17) is 21.1 Å². The van der Waals surface area contributed by atoms with E-state index in [1.807, 2.05) is 39.9 Å². The average molecular weight is 433 g/mol. The zero-order valence-electron chi connectivity index (χ0n) is 15.7. The number of ether oxygens (including phenoxy) is 2. The summed E-state index contributed by atoms with van der Waals surface area (Å²) in [5, 5.41) is 0.319. The second kappa shape index (κ2) is 9.47. The number of amides is 1. The molecule has 0 bridgehead atoms. The molecule has 4 heterocycles. The highest BCUT2D eigenvalue weighted by atomic mass is 35.5. The number of nitrogens with zero attached hydrogens (tertiary/aromatic N) is 4. The van der Waals surface area contributed by atoms with Crippen molar-refractivity contribution in [2.75, 3.05) is 32.1 Å². The Morgan fingerprint density at radius 3 is 3.14 bits per heavy atom.